The molecule has 0 saturated heterocycles. The number of hydrogen-bond acceptors (Lipinski definition) is 2. The molecular weight excluding hydrogens is 322 g/mol. The lowest BCUT2D eigenvalue weighted by atomic mass is 10.1. The maximum atomic E-state index is 12.3. The second-order valence-electron chi connectivity index (χ2n) is 7.20. The first-order chi connectivity index (χ1) is 12.6. The molecule has 2 aromatic carbocycles. The summed E-state index contributed by atoms with van der Waals surface area (Å²) in [5.74, 6) is 0.364. The lowest BCUT2D eigenvalue weighted by Crippen LogP contribution is -2.20. The number of para-hydroxylation sites is 1. The van der Waals surface area contributed by atoms with Crippen molar-refractivity contribution in [3.63, 3.8) is 0 Å². The minimum atomic E-state index is 0.00250. The number of amides is 1. The predicted molar refractivity (Wildman–Crippen MR) is 105 cm³/mol. The molecule has 1 heterocycles. The number of aromatic nitrogens is 1. The molecule has 4 heteroatoms. The summed E-state index contributed by atoms with van der Waals surface area (Å²) in [5.41, 5.74) is 6.15. The maximum Gasteiger partial charge on any atom is 0.243 e. The molecule has 1 aromatic heterocycles. The highest BCUT2D eigenvalue weighted by Gasteiger charge is 2.43. The molecule has 0 bridgehead atoms. The zero-order valence-electron chi connectivity index (χ0n) is 15.1. The van der Waals surface area contributed by atoms with Gasteiger partial charge in [0.15, 0.2) is 0 Å². The van der Waals surface area contributed by atoms with Gasteiger partial charge in [0.1, 0.15) is 0 Å². The highest BCUT2D eigenvalue weighted by molar-refractivity contribution is 5.99. The lowest BCUT2D eigenvalue weighted by molar-refractivity contribution is -0.122. The topological polar surface area (TPSA) is 46.4 Å². The molecule has 0 spiro atoms. The van der Waals surface area contributed by atoms with Crippen molar-refractivity contribution < 1.29 is 4.79 Å². The Labute approximate surface area is 153 Å². The van der Waals surface area contributed by atoms with Crippen LogP contribution in [0.15, 0.2) is 65.9 Å². The number of hydrazone groups is 1. The number of fused-ring (bicyclic) bond motifs is 1. The average molecular weight is 345 g/mol. The molecule has 1 saturated carbocycles. The van der Waals surface area contributed by atoms with Crippen LogP contribution in [-0.4, -0.2) is 16.7 Å². The van der Waals surface area contributed by atoms with Gasteiger partial charge in [0.05, 0.1) is 6.21 Å². The average Bonchev–Trinajstić information content (AvgIpc) is 3.38. The molecule has 3 aromatic rings. The van der Waals surface area contributed by atoms with E-state index in [-0.39, 0.29) is 11.8 Å². The SMILES string of the molecule is CC(C)n1cc(/C=N/NC(=O)[C@H]2C[C@@H]2c2ccccc2)c2ccccc21. The fourth-order valence-corrected chi connectivity index (χ4v) is 3.56. The minimum absolute atomic E-state index is 0.00250. The van der Waals surface area contributed by atoms with E-state index < -0.39 is 0 Å². The Morgan fingerprint density at radius 1 is 1.15 bits per heavy atom. The van der Waals surface area contributed by atoms with Crippen LogP contribution < -0.4 is 5.43 Å². The molecule has 1 aliphatic rings. The Bertz CT molecular complexity index is 956. The monoisotopic (exact) mass is 345 g/mol. The van der Waals surface area contributed by atoms with Crippen molar-refractivity contribution in [3.8, 4) is 0 Å². The third kappa shape index (κ3) is 3.15. The molecular formula is C22H23N3O. The third-order valence-corrected chi connectivity index (χ3v) is 5.06. The van der Waals surface area contributed by atoms with E-state index in [0.717, 1.165) is 17.4 Å². The fraction of sp³-hybridized carbons (Fsp3) is 0.273. The van der Waals surface area contributed by atoms with Gasteiger partial charge in [-0.25, -0.2) is 5.43 Å². The smallest absolute Gasteiger partial charge is 0.243 e. The van der Waals surface area contributed by atoms with Crippen molar-refractivity contribution in [1.29, 1.82) is 0 Å². The molecule has 26 heavy (non-hydrogen) atoms. The Hall–Kier alpha value is -2.88. The second-order valence-corrected chi connectivity index (χ2v) is 7.20. The summed E-state index contributed by atoms with van der Waals surface area (Å²) in [4.78, 5) is 12.3. The molecule has 4 nitrogen and oxygen atoms in total. The molecule has 0 radical (unpaired) electrons. The predicted octanol–water partition coefficient (Wildman–Crippen LogP) is 4.48. The number of rotatable bonds is 5. The van der Waals surface area contributed by atoms with E-state index in [1.165, 1.54) is 11.1 Å². The van der Waals surface area contributed by atoms with Crippen LogP contribution in [0.5, 0.6) is 0 Å². The van der Waals surface area contributed by atoms with E-state index in [0.29, 0.717) is 12.0 Å². The summed E-state index contributed by atoms with van der Waals surface area (Å²) < 4.78 is 2.23. The lowest BCUT2D eigenvalue weighted by Gasteiger charge is -2.08. The number of benzene rings is 2. The van der Waals surface area contributed by atoms with Gasteiger partial charge >= 0.3 is 0 Å². The Morgan fingerprint density at radius 3 is 2.65 bits per heavy atom. The fourth-order valence-electron chi connectivity index (χ4n) is 3.56. The van der Waals surface area contributed by atoms with E-state index in [1.54, 1.807) is 6.21 Å². The summed E-state index contributed by atoms with van der Waals surface area (Å²) in [6.45, 7) is 4.32. The van der Waals surface area contributed by atoms with Crippen LogP contribution in [0.25, 0.3) is 10.9 Å². The van der Waals surface area contributed by atoms with Gasteiger partial charge in [-0.15, -0.1) is 0 Å². The third-order valence-electron chi connectivity index (χ3n) is 5.06. The number of nitrogens with one attached hydrogen (secondary N) is 1. The van der Waals surface area contributed by atoms with Gasteiger partial charge in [0, 0.05) is 34.6 Å². The molecule has 1 N–H and O–H groups in total. The Kier molecular flexibility index (Phi) is 4.33. The van der Waals surface area contributed by atoms with Crippen LogP contribution in [-0.2, 0) is 4.79 Å². The number of nitrogens with zero attached hydrogens (tertiary/aromatic N) is 2. The van der Waals surface area contributed by atoms with Crippen molar-refractivity contribution in [1.82, 2.24) is 9.99 Å². The highest BCUT2D eigenvalue weighted by Crippen LogP contribution is 2.47. The first-order valence-corrected chi connectivity index (χ1v) is 9.12. The molecule has 0 unspecified atom stereocenters. The minimum Gasteiger partial charge on any atom is -0.344 e. The van der Waals surface area contributed by atoms with Crippen LogP contribution in [0.1, 0.15) is 43.4 Å². The quantitative estimate of drug-likeness (QED) is 0.538. The maximum absolute atomic E-state index is 12.3. The van der Waals surface area contributed by atoms with Crippen molar-refractivity contribution in [2.24, 2.45) is 11.0 Å². The van der Waals surface area contributed by atoms with Gasteiger partial charge in [-0.3, -0.25) is 4.79 Å². The summed E-state index contributed by atoms with van der Waals surface area (Å²) in [6.07, 6.45) is 4.74. The first kappa shape index (κ1) is 16.6. The number of hydrogen-bond donors (Lipinski definition) is 1. The molecule has 4 rings (SSSR count). The largest absolute Gasteiger partial charge is 0.344 e. The molecule has 0 aliphatic heterocycles. The second kappa shape index (κ2) is 6.79. The van der Waals surface area contributed by atoms with Gasteiger partial charge in [-0.2, -0.15) is 5.10 Å². The van der Waals surface area contributed by atoms with Crippen LogP contribution in [0.4, 0.5) is 0 Å². The van der Waals surface area contributed by atoms with Crippen molar-refractivity contribution in [3.05, 3.63) is 71.9 Å². The molecule has 132 valence electrons. The normalized spacial score (nSPS) is 19.3. The van der Waals surface area contributed by atoms with Gasteiger partial charge < -0.3 is 4.57 Å². The van der Waals surface area contributed by atoms with Gasteiger partial charge in [-0.1, -0.05) is 48.5 Å². The van der Waals surface area contributed by atoms with Crippen LogP contribution in [0, 0.1) is 5.92 Å². The molecule has 1 fully saturated rings. The zero-order chi connectivity index (χ0) is 18.1. The van der Waals surface area contributed by atoms with Gasteiger partial charge in [-0.05, 0) is 37.8 Å². The molecule has 1 amide bonds. The van der Waals surface area contributed by atoms with Crippen LogP contribution in [0.3, 0.4) is 0 Å². The van der Waals surface area contributed by atoms with Gasteiger partial charge in [0.2, 0.25) is 5.91 Å². The van der Waals surface area contributed by atoms with E-state index >= 15 is 0 Å². The van der Waals surface area contributed by atoms with E-state index in [1.807, 2.05) is 30.3 Å². The van der Waals surface area contributed by atoms with Crippen molar-refractivity contribution in [2.75, 3.05) is 0 Å². The first-order valence-electron chi connectivity index (χ1n) is 9.12. The van der Waals surface area contributed by atoms with E-state index in [9.17, 15) is 4.79 Å². The van der Waals surface area contributed by atoms with Crippen molar-refractivity contribution in [2.45, 2.75) is 32.2 Å². The molecule has 2 atom stereocenters. The summed E-state index contributed by atoms with van der Waals surface area (Å²) >= 11 is 0. The zero-order valence-corrected chi connectivity index (χ0v) is 15.1. The summed E-state index contributed by atoms with van der Waals surface area (Å²) in [5, 5.41) is 5.36. The van der Waals surface area contributed by atoms with Gasteiger partial charge in [0.25, 0.3) is 0 Å². The Balaban J connectivity index is 1.45. The summed E-state index contributed by atoms with van der Waals surface area (Å²) in [7, 11) is 0. The van der Waals surface area contributed by atoms with E-state index in [4.69, 9.17) is 0 Å². The highest BCUT2D eigenvalue weighted by atomic mass is 16.2. The number of carbonyl (C=O) groups is 1. The van der Waals surface area contributed by atoms with E-state index in [2.05, 4.69) is 59.4 Å². The number of carbonyl (C=O) groups excluding carboxylic acids is 1. The summed E-state index contributed by atoms with van der Waals surface area (Å²) in [6, 6.07) is 18.8. The molecule has 1 aliphatic carbocycles. The van der Waals surface area contributed by atoms with Crippen molar-refractivity contribution >= 4 is 23.0 Å². The Morgan fingerprint density at radius 2 is 1.88 bits per heavy atom. The van der Waals surface area contributed by atoms with Crippen LogP contribution in [0.2, 0.25) is 0 Å². The standard InChI is InChI=1S/C22H23N3O/c1-15(2)25-14-17(18-10-6-7-11-21(18)25)13-23-24-22(26)20-12-19(20)16-8-4-3-5-9-16/h3-11,13-15,19-20H,12H2,1-2H3,(H,24,26)/b23-13+/t19-,20+/m1/s1. The van der Waals surface area contributed by atoms with Crippen LogP contribution >= 0.6 is 0 Å².